The highest BCUT2D eigenvalue weighted by Gasteiger charge is 2.43. The molecule has 0 aliphatic carbocycles. The number of halogens is 2. The van der Waals surface area contributed by atoms with Gasteiger partial charge in [0.05, 0.1) is 24.5 Å². The minimum atomic E-state index is -0.434. The summed E-state index contributed by atoms with van der Waals surface area (Å²) in [5.74, 6) is 0.998. The molecule has 1 fully saturated rings. The Kier molecular flexibility index (Phi) is 7.92. The average Bonchev–Trinajstić information content (AvgIpc) is 3.54. The van der Waals surface area contributed by atoms with Crippen LogP contribution in [0.5, 0.6) is 5.75 Å². The molecule has 2 aromatic heterocycles. The van der Waals surface area contributed by atoms with Crippen LogP contribution in [0.15, 0.2) is 81.8 Å². The van der Waals surface area contributed by atoms with Gasteiger partial charge >= 0.3 is 0 Å². The van der Waals surface area contributed by atoms with E-state index in [1.807, 2.05) is 41.3 Å². The van der Waals surface area contributed by atoms with Gasteiger partial charge in [0.2, 0.25) is 5.91 Å². The number of amides is 1. The van der Waals surface area contributed by atoms with Crippen LogP contribution in [0.4, 0.5) is 15.8 Å². The molecule has 1 amide bonds. The van der Waals surface area contributed by atoms with Crippen LogP contribution in [0.2, 0.25) is 0 Å². The van der Waals surface area contributed by atoms with Gasteiger partial charge in [0.25, 0.3) is 0 Å². The molecule has 0 spiro atoms. The van der Waals surface area contributed by atoms with Crippen LogP contribution >= 0.6 is 28.1 Å². The zero-order chi connectivity index (χ0) is 27.5. The molecule has 8 nitrogen and oxygen atoms in total. The molecule has 39 heavy (non-hydrogen) atoms. The van der Waals surface area contributed by atoms with Gasteiger partial charge in [-0.2, -0.15) is 0 Å². The number of furan rings is 1. The van der Waals surface area contributed by atoms with Gasteiger partial charge in [0.1, 0.15) is 35.7 Å². The second-order valence-electron chi connectivity index (χ2n) is 8.69. The third-order valence-corrected chi connectivity index (χ3v) is 7.19. The van der Waals surface area contributed by atoms with E-state index in [0.717, 1.165) is 5.69 Å². The summed E-state index contributed by atoms with van der Waals surface area (Å²) in [6.45, 7) is -0.102. The van der Waals surface area contributed by atoms with Crippen LogP contribution in [0.3, 0.4) is 0 Å². The Hall–Kier alpha value is -3.80. The molecule has 200 valence electrons. The number of anilines is 2. The molecular weight excluding hydrogens is 587 g/mol. The van der Waals surface area contributed by atoms with E-state index >= 15 is 0 Å². The number of ether oxygens (including phenoxy) is 2. The van der Waals surface area contributed by atoms with Crippen LogP contribution in [0.25, 0.3) is 11.3 Å². The van der Waals surface area contributed by atoms with E-state index in [9.17, 15) is 9.18 Å². The maximum Gasteiger partial charge on any atom is 0.250 e. The number of hydrogen-bond acceptors (Lipinski definition) is 6. The minimum Gasteiger partial charge on any atom is -0.495 e. The normalized spacial score (nSPS) is 16.7. The molecule has 0 bridgehead atoms. The fourth-order valence-corrected chi connectivity index (χ4v) is 5.42. The van der Waals surface area contributed by atoms with Crippen molar-refractivity contribution in [1.82, 2.24) is 10.3 Å². The molecule has 4 aromatic rings. The average molecular weight is 611 g/mol. The molecule has 0 radical (unpaired) electrons. The summed E-state index contributed by atoms with van der Waals surface area (Å²) in [4.78, 5) is 18.8. The number of benzene rings is 2. The molecule has 11 heteroatoms. The van der Waals surface area contributed by atoms with E-state index in [4.69, 9.17) is 26.1 Å². The summed E-state index contributed by atoms with van der Waals surface area (Å²) in [5.41, 5.74) is 2.65. The van der Waals surface area contributed by atoms with Crippen molar-refractivity contribution < 1.29 is 23.1 Å². The summed E-state index contributed by atoms with van der Waals surface area (Å²) in [6, 6.07) is 18.4. The maximum atomic E-state index is 13.7. The lowest BCUT2D eigenvalue weighted by Crippen LogP contribution is -2.29. The largest absolute Gasteiger partial charge is 0.495 e. The van der Waals surface area contributed by atoms with Crippen LogP contribution in [-0.4, -0.2) is 36.8 Å². The first-order valence-electron chi connectivity index (χ1n) is 11.9. The van der Waals surface area contributed by atoms with Crippen molar-refractivity contribution in [3.63, 3.8) is 0 Å². The quantitative estimate of drug-likeness (QED) is 0.234. The first-order valence-corrected chi connectivity index (χ1v) is 13.1. The zero-order valence-corrected chi connectivity index (χ0v) is 23.4. The predicted molar refractivity (Wildman–Crippen MR) is 153 cm³/mol. The molecule has 3 heterocycles. The van der Waals surface area contributed by atoms with Crippen molar-refractivity contribution in [3.8, 4) is 17.1 Å². The molecule has 2 aromatic carbocycles. The highest BCUT2D eigenvalue weighted by Crippen LogP contribution is 2.44. The molecule has 5 rings (SSSR count). The number of rotatable bonds is 8. The summed E-state index contributed by atoms with van der Waals surface area (Å²) in [5, 5.41) is 6.66. The topological polar surface area (TPSA) is 88.9 Å². The van der Waals surface area contributed by atoms with Gasteiger partial charge in [-0.3, -0.25) is 9.78 Å². The number of hydrogen-bond donors (Lipinski definition) is 2. The van der Waals surface area contributed by atoms with Crippen molar-refractivity contribution >= 4 is 50.5 Å². The number of pyridine rings is 1. The number of carbonyl (C=O) groups excluding carboxylic acids is 1. The van der Waals surface area contributed by atoms with Gasteiger partial charge in [-0.05, 0) is 88.8 Å². The van der Waals surface area contributed by atoms with E-state index in [-0.39, 0.29) is 24.4 Å². The first-order chi connectivity index (χ1) is 18.9. The number of aromatic nitrogens is 1. The molecule has 1 aliphatic rings. The van der Waals surface area contributed by atoms with Gasteiger partial charge in [-0.1, -0.05) is 6.07 Å². The lowest BCUT2D eigenvalue weighted by atomic mass is 10.0. The van der Waals surface area contributed by atoms with E-state index in [0.29, 0.717) is 43.8 Å². The van der Waals surface area contributed by atoms with Crippen molar-refractivity contribution in [3.05, 3.63) is 94.7 Å². The van der Waals surface area contributed by atoms with Crippen LogP contribution in [0.1, 0.15) is 23.5 Å². The molecule has 1 saturated heterocycles. The summed E-state index contributed by atoms with van der Waals surface area (Å²) in [7, 11) is 2.98. The monoisotopic (exact) mass is 610 g/mol. The minimum absolute atomic E-state index is 0.102. The number of nitrogens with zero attached hydrogens (tertiary/aromatic N) is 2. The molecule has 1 aliphatic heterocycles. The third kappa shape index (κ3) is 5.51. The van der Waals surface area contributed by atoms with Gasteiger partial charge in [-0.15, -0.1) is 0 Å². The van der Waals surface area contributed by atoms with Gasteiger partial charge in [0.15, 0.2) is 5.11 Å². The summed E-state index contributed by atoms with van der Waals surface area (Å²) in [6.07, 6.45) is 1.72. The third-order valence-electron chi connectivity index (χ3n) is 6.22. The Labute approximate surface area is 238 Å². The van der Waals surface area contributed by atoms with Crippen molar-refractivity contribution in [1.29, 1.82) is 0 Å². The van der Waals surface area contributed by atoms with Gasteiger partial charge in [0, 0.05) is 29.0 Å². The van der Waals surface area contributed by atoms with E-state index in [1.54, 1.807) is 24.4 Å². The Morgan fingerprint density at radius 2 is 2.03 bits per heavy atom. The maximum absolute atomic E-state index is 13.7. The van der Waals surface area contributed by atoms with E-state index in [1.165, 1.54) is 26.4 Å². The Morgan fingerprint density at radius 1 is 1.18 bits per heavy atom. The molecule has 2 N–H and O–H groups in total. The molecule has 2 atom stereocenters. The highest BCUT2D eigenvalue weighted by atomic mass is 79.9. The second kappa shape index (κ2) is 11.5. The predicted octanol–water partition coefficient (Wildman–Crippen LogP) is 6.01. The number of carbonyl (C=O) groups is 1. The standard InChI is InChI=1S/C28H24BrFN4O4S/c1-36-15-25(35)32-21-14-17(7-9-23(21)37-2)34-27(26(33-28(34)39)20-5-3-4-12-31-20)24-11-10-22(38-24)18-8-6-16(30)13-19(18)29/h3-14,26-27H,15H2,1-2H3,(H,32,35)(H,33,39)/t26-,27-/m0/s1. The van der Waals surface area contributed by atoms with Crippen LogP contribution in [0, 0.1) is 5.82 Å². The summed E-state index contributed by atoms with van der Waals surface area (Å²) < 4.78 is 31.1. The Bertz CT molecular complexity index is 1520. The number of thiocarbonyl (C=S) groups is 1. The lowest BCUT2D eigenvalue weighted by Gasteiger charge is -2.27. The second-order valence-corrected chi connectivity index (χ2v) is 9.93. The summed E-state index contributed by atoms with van der Waals surface area (Å²) >= 11 is 9.23. The number of methoxy groups -OCH3 is 2. The molecule has 0 unspecified atom stereocenters. The van der Waals surface area contributed by atoms with E-state index < -0.39 is 6.04 Å². The van der Waals surface area contributed by atoms with Crippen molar-refractivity contribution in [2.45, 2.75) is 12.1 Å². The SMILES string of the molecule is COCC(=O)Nc1cc(N2C(=S)N[C@@H](c3ccccn3)[C@@H]2c2ccc(-c3ccc(F)cc3Br)o2)ccc1OC. The van der Waals surface area contributed by atoms with Gasteiger partial charge in [-0.25, -0.2) is 4.39 Å². The first kappa shape index (κ1) is 26.8. The number of nitrogens with one attached hydrogen (secondary N) is 2. The molecule has 0 saturated carbocycles. The zero-order valence-electron chi connectivity index (χ0n) is 21.0. The Balaban J connectivity index is 1.59. The fourth-order valence-electron chi connectivity index (χ4n) is 4.53. The van der Waals surface area contributed by atoms with Crippen molar-refractivity contribution in [2.75, 3.05) is 31.0 Å². The molecular formula is C28H24BrFN4O4S. The van der Waals surface area contributed by atoms with Crippen molar-refractivity contribution in [2.24, 2.45) is 0 Å². The fraction of sp³-hybridized carbons (Fsp3) is 0.179. The Morgan fingerprint density at radius 3 is 2.74 bits per heavy atom. The smallest absolute Gasteiger partial charge is 0.250 e. The van der Waals surface area contributed by atoms with Gasteiger partial charge < -0.3 is 29.4 Å². The lowest BCUT2D eigenvalue weighted by molar-refractivity contribution is -0.119. The highest BCUT2D eigenvalue weighted by molar-refractivity contribution is 9.10. The van der Waals surface area contributed by atoms with E-state index in [2.05, 4.69) is 31.5 Å². The van der Waals surface area contributed by atoms with Crippen LogP contribution < -0.4 is 20.3 Å². The van der Waals surface area contributed by atoms with Crippen LogP contribution in [-0.2, 0) is 9.53 Å².